The van der Waals surface area contributed by atoms with Crippen LogP contribution in [0.4, 0.5) is 5.69 Å². The summed E-state index contributed by atoms with van der Waals surface area (Å²) in [6, 6.07) is 13.0. The summed E-state index contributed by atoms with van der Waals surface area (Å²) in [5, 5.41) is 7.61. The van der Waals surface area contributed by atoms with Gasteiger partial charge in [0.05, 0.1) is 12.8 Å². The lowest BCUT2D eigenvalue weighted by molar-refractivity contribution is -0.119. The summed E-state index contributed by atoms with van der Waals surface area (Å²) in [4.78, 5) is 30.0. The highest BCUT2D eigenvalue weighted by atomic mass is 35.5. The summed E-state index contributed by atoms with van der Waals surface area (Å²) >= 11 is 5.87. The van der Waals surface area contributed by atoms with Crippen molar-refractivity contribution in [3.8, 4) is 5.88 Å². The summed E-state index contributed by atoms with van der Waals surface area (Å²) in [7, 11) is 1.54. The third kappa shape index (κ3) is 5.00. The van der Waals surface area contributed by atoms with Crippen LogP contribution in [0.15, 0.2) is 53.3 Å². The monoisotopic (exact) mass is 412 g/mol. The van der Waals surface area contributed by atoms with Gasteiger partial charge in [-0.1, -0.05) is 17.7 Å². The van der Waals surface area contributed by atoms with Crippen LogP contribution < -0.4 is 15.6 Å². The first-order chi connectivity index (χ1) is 13.9. The second kappa shape index (κ2) is 8.87. The molecule has 0 spiro atoms. The molecule has 0 radical (unpaired) electrons. The molecule has 0 bridgehead atoms. The number of nitrogens with zero attached hydrogens (tertiary/aromatic N) is 3. The highest BCUT2D eigenvalue weighted by Crippen LogP contribution is 2.16. The Morgan fingerprint density at radius 2 is 1.97 bits per heavy atom. The van der Waals surface area contributed by atoms with Gasteiger partial charge < -0.3 is 10.1 Å². The van der Waals surface area contributed by atoms with Crippen LogP contribution in [0.25, 0.3) is 0 Å². The van der Waals surface area contributed by atoms with E-state index in [-0.39, 0.29) is 11.5 Å². The van der Waals surface area contributed by atoms with E-state index in [1.807, 2.05) is 12.1 Å². The van der Waals surface area contributed by atoms with Crippen LogP contribution in [-0.4, -0.2) is 27.8 Å². The predicted molar refractivity (Wildman–Crippen MR) is 112 cm³/mol. The Morgan fingerprint density at radius 3 is 2.66 bits per heavy atom. The number of carbonyl (C=O) groups excluding carboxylic acids is 1. The van der Waals surface area contributed by atoms with Gasteiger partial charge >= 0.3 is 0 Å². The lowest BCUT2D eigenvalue weighted by Crippen LogP contribution is -2.35. The summed E-state index contributed by atoms with van der Waals surface area (Å²) in [5.74, 6) is 0.127. The summed E-state index contributed by atoms with van der Waals surface area (Å²) in [6.45, 7) is 3.41. The minimum atomic E-state index is -0.796. The van der Waals surface area contributed by atoms with E-state index in [0.29, 0.717) is 40.0 Å². The number of halogens is 1. The minimum Gasteiger partial charge on any atom is -0.481 e. The van der Waals surface area contributed by atoms with Crippen LogP contribution in [0, 0.1) is 6.92 Å². The molecule has 3 aromatic rings. The van der Waals surface area contributed by atoms with Crippen LogP contribution in [0.1, 0.15) is 29.9 Å². The van der Waals surface area contributed by atoms with Gasteiger partial charge in [0.25, 0.3) is 5.56 Å². The largest absolute Gasteiger partial charge is 0.481 e. The average Bonchev–Trinajstić information content (AvgIpc) is 2.71. The first kappa shape index (κ1) is 20.5. The van der Waals surface area contributed by atoms with Crippen molar-refractivity contribution in [1.82, 2.24) is 14.8 Å². The highest BCUT2D eigenvalue weighted by Gasteiger charge is 2.20. The standard InChI is InChI=1S/C21H21ClN4O3/c1-13-11-15(12-18-5-4-6-19(23-18)29-3)21(28)26(25-13)14(2)20(27)24-17-9-7-16(22)8-10-17/h4-11,14H,12H2,1-3H3,(H,24,27). The first-order valence-electron chi connectivity index (χ1n) is 9.03. The van der Waals surface area contributed by atoms with Crippen molar-refractivity contribution in [2.75, 3.05) is 12.4 Å². The topological polar surface area (TPSA) is 86.1 Å². The number of aryl methyl sites for hydroxylation is 1. The Hall–Kier alpha value is -3.19. The number of pyridine rings is 1. The van der Waals surface area contributed by atoms with Gasteiger partial charge in [0.2, 0.25) is 11.8 Å². The number of benzene rings is 1. The molecule has 0 saturated heterocycles. The van der Waals surface area contributed by atoms with Crippen LogP contribution >= 0.6 is 11.6 Å². The molecule has 8 heteroatoms. The number of ether oxygens (including phenoxy) is 1. The Balaban J connectivity index is 1.86. The fourth-order valence-corrected chi connectivity index (χ4v) is 2.98. The number of hydrogen-bond acceptors (Lipinski definition) is 5. The van der Waals surface area contributed by atoms with Gasteiger partial charge in [-0.05, 0) is 50.2 Å². The Morgan fingerprint density at radius 1 is 1.24 bits per heavy atom. The molecule has 0 aliphatic rings. The van der Waals surface area contributed by atoms with Gasteiger partial charge in [-0.3, -0.25) is 9.59 Å². The van der Waals surface area contributed by atoms with E-state index in [4.69, 9.17) is 16.3 Å². The maximum atomic E-state index is 13.0. The smallest absolute Gasteiger partial charge is 0.271 e. The van der Waals surface area contributed by atoms with Crippen LogP contribution in [0.3, 0.4) is 0 Å². The second-order valence-electron chi connectivity index (χ2n) is 6.58. The van der Waals surface area contributed by atoms with Crippen LogP contribution in [0.5, 0.6) is 5.88 Å². The molecule has 0 fully saturated rings. The van der Waals surface area contributed by atoms with Gasteiger partial charge in [-0.15, -0.1) is 0 Å². The van der Waals surface area contributed by atoms with E-state index in [0.717, 1.165) is 0 Å². The molecule has 7 nitrogen and oxygen atoms in total. The number of methoxy groups -OCH3 is 1. The van der Waals surface area contributed by atoms with Crippen molar-refractivity contribution in [3.63, 3.8) is 0 Å². The normalized spacial score (nSPS) is 11.7. The number of nitrogens with one attached hydrogen (secondary N) is 1. The number of carbonyl (C=O) groups is 1. The molecule has 29 heavy (non-hydrogen) atoms. The number of anilines is 1. The highest BCUT2D eigenvalue weighted by molar-refractivity contribution is 6.30. The van der Waals surface area contributed by atoms with E-state index in [9.17, 15) is 9.59 Å². The number of amides is 1. The summed E-state index contributed by atoms with van der Waals surface area (Å²) in [5.41, 5.74) is 2.08. The van der Waals surface area contributed by atoms with Crippen molar-refractivity contribution in [2.45, 2.75) is 26.3 Å². The maximum absolute atomic E-state index is 13.0. The van der Waals surface area contributed by atoms with Crippen molar-refractivity contribution >= 4 is 23.2 Å². The van der Waals surface area contributed by atoms with E-state index >= 15 is 0 Å². The van der Waals surface area contributed by atoms with Crippen LogP contribution in [0.2, 0.25) is 5.02 Å². The number of rotatable bonds is 6. The zero-order valence-electron chi connectivity index (χ0n) is 16.3. The Kier molecular flexibility index (Phi) is 6.29. The molecule has 1 amide bonds. The molecule has 1 unspecified atom stereocenters. The second-order valence-corrected chi connectivity index (χ2v) is 7.02. The van der Waals surface area contributed by atoms with Gasteiger partial charge in [0.1, 0.15) is 6.04 Å². The molecule has 1 aromatic carbocycles. The maximum Gasteiger partial charge on any atom is 0.271 e. The van der Waals surface area contributed by atoms with Crippen molar-refractivity contribution in [1.29, 1.82) is 0 Å². The first-order valence-corrected chi connectivity index (χ1v) is 9.41. The molecule has 1 N–H and O–H groups in total. The van der Waals surface area contributed by atoms with Gasteiger partial charge in [0, 0.05) is 34.5 Å². The molecule has 0 aliphatic carbocycles. The molecule has 150 valence electrons. The zero-order chi connectivity index (χ0) is 21.0. The molecule has 3 rings (SSSR count). The third-order valence-electron chi connectivity index (χ3n) is 4.35. The average molecular weight is 413 g/mol. The molecular formula is C21H21ClN4O3. The third-order valence-corrected chi connectivity index (χ3v) is 4.60. The van der Waals surface area contributed by atoms with E-state index in [1.165, 1.54) is 11.8 Å². The zero-order valence-corrected chi connectivity index (χ0v) is 17.1. The van der Waals surface area contributed by atoms with E-state index in [1.54, 1.807) is 50.2 Å². The van der Waals surface area contributed by atoms with Crippen molar-refractivity contribution in [2.24, 2.45) is 0 Å². The fraction of sp³-hybridized carbons (Fsp3) is 0.238. The quantitative estimate of drug-likeness (QED) is 0.670. The van der Waals surface area contributed by atoms with E-state index < -0.39 is 6.04 Å². The Labute approximate surface area is 173 Å². The summed E-state index contributed by atoms with van der Waals surface area (Å²) in [6.07, 6.45) is 0.310. The Bertz CT molecular complexity index is 1080. The van der Waals surface area contributed by atoms with Gasteiger partial charge in [-0.2, -0.15) is 5.10 Å². The molecule has 2 aromatic heterocycles. The minimum absolute atomic E-state index is 0.310. The van der Waals surface area contributed by atoms with Crippen molar-refractivity contribution < 1.29 is 9.53 Å². The molecular weight excluding hydrogens is 392 g/mol. The predicted octanol–water partition coefficient (Wildman–Crippen LogP) is 3.40. The van der Waals surface area contributed by atoms with Gasteiger partial charge in [-0.25, -0.2) is 9.67 Å². The van der Waals surface area contributed by atoms with Gasteiger partial charge in [0.15, 0.2) is 0 Å². The summed E-state index contributed by atoms with van der Waals surface area (Å²) < 4.78 is 6.34. The molecule has 0 aliphatic heterocycles. The number of hydrogen-bond donors (Lipinski definition) is 1. The van der Waals surface area contributed by atoms with Crippen molar-refractivity contribution in [3.05, 3.63) is 80.9 Å². The molecule has 2 heterocycles. The lowest BCUT2D eigenvalue weighted by atomic mass is 10.1. The van der Waals surface area contributed by atoms with Crippen LogP contribution in [-0.2, 0) is 11.2 Å². The lowest BCUT2D eigenvalue weighted by Gasteiger charge is -2.16. The molecule has 0 saturated carbocycles. The van der Waals surface area contributed by atoms with E-state index in [2.05, 4.69) is 15.4 Å². The number of aromatic nitrogens is 3. The SMILES string of the molecule is COc1cccc(Cc2cc(C)nn(C(C)C(=O)Nc3ccc(Cl)cc3)c2=O)n1. The molecule has 1 atom stereocenters. The fourth-order valence-electron chi connectivity index (χ4n) is 2.85.